The molecule has 0 spiro atoms. The van der Waals surface area contributed by atoms with Gasteiger partial charge in [0.1, 0.15) is 0 Å². The Morgan fingerprint density at radius 1 is 1.07 bits per heavy atom. The van der Waals surface area contributed by atoms with Crippen molar-refractivity contribution in [3.63, 3.8) is 0 Å². The Labute approximate surface area is 87.3 Å². The van der Waals surface area contributed by atoms with E-state index in [-0.39, 0.29) is 6.04 Å². The smallest absolute Gasteiger partial charge is 0.00794 e. The lowest BCUT2D eigenvalue weighted by atomic mass is 9.86. The molecule has 2 N–H and O–H groups in total. The molecule has 0 aliphatic carbocycles. The molecule has 0 aliphatic heterocycles. The van der Waals surface area contributed by atoms with E-state index >= 15 is 0 Å². The first-order chi connectivity index (χ1) is 6.61. The second kappa shape index (κ2) is 5.16. The van der Waals surface area contributed by atoms with Gasteiger partial charge in [0.25, 0.3) is 0 Å². The van der Waals surface area contributed by atoms with Crippen molar-refractivity contribution in [2.45, 2.75) is 39.2 Å². The Kier molecular flexibility index (Phi) is 4.15. The lowest BCUT2D eigenvalue weighted by Gasteiger charge is -2.23. The largest absolute Gasteiger partial charge is 0.327 e. The van der Waals surface area contributed by atoms with Crippen molar-refractivity contribution in [2.75, 3.05) is 0 Å². The predicted molar refractivity (Wildman–Crippen MR) is 62.3 cm³/mol. The van der Waals surface area contributed by atoms with Gasteiger partial charge in [-0.25, -0.2) is 0 Å². The quantitative estimate of drug-likeness (QED) is 0.777. The monoisotopic (exact) mass is 191 g/mol. The summed E-state index contributed by atoms with van der Waals surface area (Å²) in [6, 6.07) is 10.8. The average Bonchev–Trinajstić information content (AvgIpc) is 2.15. The lowest BCUT2D eigenvalue weighted by Crippen LogP contribution is -2.25. The standard InChI is InChI=1S/C13H21N/c1-10(2)9-13(11(3)14)12-7-5-4-6-8-12/h4-8,10-11,13H,9,14H2,1-3H3. The van der Waals surface area contributed by atoms with Gasteiger partial charge in [0.05, 0.1) is 0 Å². The summed E-state index contributed by atoms with van der Waals surface area (Å²) in [6.07, 6.45) is 1.17. The highest BCUT2D eigenvalue weighted by atomic mass is 14.6. The van der Waals surface area contributed by atoms with E-state index in [1.165, 1.54) is 12.0 Å². The number of hydrogen-bond acceptors (Lipinski definition) is 1. The van der Waals surface area contributed by atoms with E-state index in [1.807, 2.05) is 0 Å². The number of hydrogen-bond donors (Lipinski definition) is 1. The van der Waals surface area contributed by atoms with E-state index in [2.05, 4.69) is 51.1 Å². The molecule has 0 fully saturated rings. The minimum atomic E-state index is 0.236. The van der Waals surface area contributed by atoms with Crippen LogP contribution in [0.1, 0.15) is 38.7 Å². The summed E-state index contributed by atoms with van der Waals surface area (Å²) in [7, 11) is 0. The summed E-state index contributed by atoms with van der Waals surface area (Å²) >= 11 is 0. The van der Waals surface area contributed by atoms with E-state index in [4.69, 9.17) is 5.73 Å². The molecule has 1 aromatic carbocycles. The molecule has 0 saturated carbocycles. The topological polar surface area (TPSA) is 26.0 Å². The summed E-state index contributed by atoms with van der Waals surface area (Å²) in [4.78, 5) is 0. The van der Waals surface area contributed by atoms with Crippen LogP contribution >= 0.6 is 0 Å². The fourth-order valence-electron chi connectivity index (χ4n) is 1.86. The van der Waals surface area contributed by atoms with Crippen molar-refractivity contribution in [3.05, 3.63) is 35.9 Å². The van der Waals surface area contributed by atoms with Crippen LogP contribution in [0.15, 0.2) is 30.3 Å². The zero-order chi connectivity index (χ0) is 10.6. The molecule has 0 amide bonds. The van der Waals surface area contributed by atoms with Crippen LogP contribution in [0.4, 0.5) is 0 Å². The number of nitrogens with two attached hydrogens (primary N) is 1. The maximum Gasteiger partial charge on any atom is 0.00794 e. The molecule has 1 aromatic rings. The molecule has 1 heteroatoms. The molecular weight excluding hydrogens is 170 g/mol. The van der Waals surface area contributed by atoms with Gasteiger partial charge >= 0.3 is 0 Å². The third kappa shape index (κ3) is 3.15. The van der Waals surface area contributed by atoms with E-state index in [9.17, 15) is 0 Å². The average molecular weight is 191 g/mol. The molecule has 78 valence electrons. The molecule has 1 rings (SSSR count). The van der Waals surface area contributed by atoms with Gasteiger partial charge in [-0.1, -0.05) is 44.2 Å². The minimum absolute atomic E-state index is 0.236. The third-order valence-corrected chi connectivity index (χ3v) is 2.59. The maximum atomic E-state index is 6.02. The predicted octanol–water partition coefficient (Wildman–Crippen LogP) is 3.16. The molecule has 0 bridgehead atoms. The van der Waals surface area contributed by atoms with Crippen LogP contribution in [0.3, 0.4) is 0 Å². The van der Waals surface area contributed by atoms with Crippen LogP contribution in [-0.4, -0.2) is 6.04 Å². The first-order valence-electron chi connectivity index (χ1n) is 5.41. The molecule has 14 heavy (non-hydrogen) atoms. The second-order valence-corrected chi connectivity index (χ2v) is 4.51. The molecule has 2 unspecified atom stereocenters. The van der Waals surface area contributed by atoms with Gasteiger partial charge in [-0.2, -0.15) is 0 Å². The Morgan fingerprint density at radius 2 is 1.64 bits per heavy atom. The maximum absolute atomic E-state index is 6.02. The van der Waals surface area contributed by atoms with Gasteiger partial charge in [-0.15, -0.1) is 0 Å². The Hall–Kier alpha value is -0.820. The van der Waals surface area contributed by atoms with E-state index in [1.54, 1.807) is 0 Å². The van der Waals surface area contributed by atoms with Crippen molar-refractivity contribution in [2.24, 2.45) is 11.7 Å². The number of benzene rings is 1. The zero-order valence-corrected chi connectivity index (χ0v) is 9.40. The van der Waals surface area contributed by atoms with Crippen molar-refractivity contribution in [1.82, 2.24) is 0 Å². The summed E-state index contributed by atoms with van der Waals surface area (Å²) in [5.41, 5.74) is 7.39. The van der Waals surface area contributed by atoms with Gasteiger partial charge in [0, 0.05) is 6.04 Å². The van der Waals surface area contributed by atoms with Crippen molar-refractivity contribution in [3.8, 4) is 0 Å². The molecule has 0 aromatic heterocycles. The van der Waals surface area contributed by atoms with Crippen LogP contribution < -0.4 is 5.73 Å². The molecule has 0 saturated heterocycles. The summed E-state index contributed by atoms with van der Waals surface area (Å²) in [6.45, 7) is 6.59. The highest BCUT2D eigenvalue weighted by Gasteiger charge is 2.16. The van der Waals surface area contributed by atoms with Crippen LogP contribution in [0.25, 0.3) is 0 Å². The zero-order valence-electron chi connectivity index (χ0n) is 9.40. The van der Waals surface area contributed by atoms with Crippen molar-refractivity contribution >= 4 is 0 Å². The van der Waals surface area contributed by atoms with Gasteiger partial charge in [-0.3, -0.25) is 0 Å². The summed E-state index contributed by atoms with van der Waals surface area (Å²) in [5.74, 6) is 1.20. The Morgan fingerprint density at radius 3 is 2.07 bits per heavy atom. The first-order valence-corrected chi connectivity index (χ1v) is 5.41. The minimum Gasteiger partial charge on any atom is -0.327 e. The highest BCUT2D eigenvalue weighted by molar-refractivity contribution is 5.20. The van der Waals surface area contributed by atoms with Gasteiger partial charge < -0.3 is 5.73 Å². The highest BCUT2D eigenvalue weighted by Crippen LogP contribution is 2.25. The van der Waals surface area contributed by atoms with Crippen LogP contribution in [-0.2, 0) is 0 Å². The van der Waals surface area contributed by atoms with Crippen LogP contribution in [0, 0.1) is 5.92 Å². The summed E-state index contributed by atoms with van der Waals surface area (Å²) < 4.78 is 0. The fourth-order valence-corrected chi connectivity index (χ4v) is 1.86. The lowest BCUT2D eigenvalue weighted by molar-refractivity contribution is 0.450. The number of rotatable bonds is 4. The molecule has 1 nitrogen and oxygen atoms in total. The third-order valence-electron chi connectivity index (χ3n) is 2.59. The fraction of sp³-hybridized carbons (Fsp3) is 0.538. The van der Waals surface area contributed by atoms with Gasteiger partial charge in [0.2, 0.25) is 0 Å². The van der Waals surface area contributed by atoms with Crippen molar-refractivity contribution < 1.29 is 0 Å². The van der Waals surface area contributed by atoms with Crippen LogP contribution in [0.5, 0.6) is 0 Å². The van der Waals surface area contributed by atoms with Gasteiger partial charge in [0.15, 0.2) is 0 Å². The molecule has 0 aliphatic rings. The molecule has 2 atom stereocenters. The second-order valence-electron chi connectivity index (χ2n) is 4.51. The molecular formula is C13H21N. The molecule has 0 radical (unpaired) electrons. The van der Waals surface area contributed by atoms with E-state index in [0.29, 0.717) is 11.8 Å². The van der Waals surface area contributed by atoms with Gasteiger partial charge in [-0.05, 0) is 30.7 Å². The molecule has 0 heterocycles. The first kappa shape index (κ1) is 11.3. The van der Waals surface area contributed by atoms with Crippen molar-refractivity contribution in [1.29, 1.82) is 0 Å². The Balaban J connectivity index is 2.78. The SMILES string of the molecule is CC(C)CC(c1ccccc1)C(C)N. The van der Waals surface area contributed by atoms with E-state index < -0.39 is 0 Å². The van der Waals surface area contributed by atoms with Crippen LogP contribution in [0.2, 0.25) is 0 Å². The normalized spacial score (nSPS) is 15.5. The Bertz CT molecular complexity index is 251. The summed E-state index contributed by atoms with van der Waals surface area (Å²) in [5, 5.41) is 0. The van der Waals surface area contributed by atoms with E-state index in [0.717, 1.165) is 0 Å².